The summed E-state index contributed by atoms with van der Waals surface area (Å²) in [6.07, 6.45) is 10.9. The second-order valence-electron chi connectivity index (χ2n) is 7.56. The van der Waals surface area contributed by atoms with Crippen LogP contribution in [-0.4, -0.2) is 62.0 Å². The smallest absolute Gasteiger partial charge is 0.272 e. The van der Waals surface area contributed by atoms with Crippen LogP contribution in [0.25, 0.3) is 16.7 Å². The van der Waals surface area contributed by atoms with Gasteiger partial charge in [0.15, 0.2) is 5.69 Å². The molecule has 3 N–H and O–H groups in total. The second kappa shape index (κ2) is 7.33. The van der Waals surface area contributed by atoms with Crippen molar-refractivity contribution < 1.29 is 9.53 Å². The van der Waals surface area contributed by atoms with E-state index in [-0.39, 0.29) is 11.9 Å². The summed E-state index contributed by atoms with van der Waals surface area (Å²) >= 11 is 0. The van der Waals surface area contributed by atoms with Crippen molar-refractivity contribution in [3.05, 3.63) is 36.7 Å². The Balaban J connectivity index is 1.29. The van der Waals surface area contributed by atoms with Crippen LogP contribution < -0.4 is 10.6 Å². The maximum Gasteiger partial charge on any atom is 0.272 e. The number of H-pyrrole nitrogens is 1. The average Bonchev–Trinajstić information content (AvgIpc) is 3.36. The average molecular weight is 381 g/mol. The fourth-order valence-electron chi connectivity index (χ4n) is 3.95. The molecule has 2 fully saturated rings. The zero-order valence-corrected chi connectivity index (χ0v) is 15.5. The molecule has 0 atom stereocenters. The molecule has 0 radical (unpaired) electrons. The number of nitrogens with one attached hydrogen (secondary N) is 3. The molecule has 1 saturated carbocycles. The normalized spacial score (nSPS) is 22.9. The van der Waals surface area contributed by atoms with Gasteiger partial charge in [0, 0.05) is 29.9 Å². The molecule has 9 heteroatoms. The minimum Gasteiger partial charge on any atom is -0.378 e. The number of rotatable bonds is 5. The van der Waals surface area contributed by atoms with Crippen LogP contribution in [0, 0.1) is 0 Å². The van der Waals surface area contributed by atoms with Gasteiger partial charge in [-0.25, -0.2) is 9.97 Å². The standard InChI is InChI=1S/C19H23N7O2/c27-19(23-14-3-1-13(2-4-14)22-15-9-28-10-15)18-17-12(8-21-25-17)7-16(24-18)26-6-5-20-11-26/h5-8,11,13-15,22H,1-4,9-10H2,(H,21,25)(H,23,27). The lowest BCUT2D eigenvalue weighted by atomic mass is 9.90. The highest BCUT2D eigenvalue weighted by atomic mass is 16.5. The van der Waals surface area contributed by atoms with Gasteiger partial charge in [-0.2, -0.15) is 5.10 Å². The number of pyridine rings is 1. The first-order chi connectivity index (χ1) is 13.8. The van der Waals surface area contributed by atoms with E-state index in [9.17, 15) is 4.79 Å². The van der Waals surface area contributed by atoms with Crippen molar-refractivity contribution in [3.8, 4) is 5.82 Å². The molecular weight excluding hydrogens is 358 g/mol. The number of aromatic nitrogens is 5. The highest BCUT2D eigenvalue weighted by Crippen LogP contribution is 2.22. The van der Waals surface area contributed by atoms with Gasteiger partial charge in [0.05, 0.1) is 31.0 Å². The molecule has 1 aliphatic carbocycles. The molecule has 4 heterocycles. The highest BCUT2D eigenvalue weighted by Gasteiger charge is 2.27. The Kier molecular flexibility index (Phi) is 4.53. The van der Waals surface area contributed by atoms with Crippen LogP contribution in [0.15, 0.2) is 31.0 Å². The SMILES string of the molecule is O=C(NC1CCC(NC2COC2)CC1)c1nc(-n2ccnc2)cc2cn[nH]c12. The molecule has 5 rings (SSSR count). The van der Waals surface area contributed by atoms with E-state index in [0.29, 0.717) is 29.1 Å². The van der Waals surface area contributed by atoms with Crippen molar-refractivity contribution in [2.75, 3.05) is 13.2 Å². The van der Waals surface area contributed by atoms with E-state index in [4.69, 9.17) is 4.74 Å². The molecule has 2 aliphatic rings. The number of fused-ring (bicyclic) bond motifs is 1. The first-order valence-corrected chi connectivity index (χ1v) is 9.73. The monoisotopic (exact) mass is 381 g/mol. The summed E-state index contributed by atoms with van der Waals surface area (Å²) in [6, 6.07) is 3.07. The Hall–Kier alpha value is -2.78. The van der Waals surface area contributed by atoms with E-state index in [1.54, 1.807) is 29.5 Å². The molecule has 0 bridgehead atoms. The summed E-state index contributed by atoms with van der Waals surface area (Å²) in [5.41, 5.74) is 1.02. The van der Waals surface area contributed by atoms with Crippen LogP contribution in [0.4, 0.5) is 0 Å². The minimum absolute atomic E-state index is 0.167. The fourth-order valence-corrected chi connectivity index (χ4v) is 3.95. The van der Waals surface area contributed by atoms with Crippen LogP contribution in [0.1, 0.15) is 36.2 Å². The predicted octanol–water partition coefficient (Wildman–Crippen LogP) is 1.17. The van der Waals surface area contributed by atoms with Crippen LogP contribution in [0.3, 0.4) is 0 Å². The molecule has 1 aliphatic heterocycles. The van der Waals surface area contributed by atoms with Gasteiger partial charge in [-0.15, -0.1) is 0 Å². The second-order valence-corrected chi connectivity index (χ2v) is 7.56. The summed E-state index contributed by atoms with van der Waals surface area (Å²) in [7, 11) is 0. The van der Waals surface area contributed by atoms with Gasteiger partial charge in [0.2, 0.25) is 0 Å². The Bertz CT molecular complexity index is 956. The third-order valence-corrected chi connectivity index (χ3v) is 5.57. The first-order valence-electron chi connectivity index (χ1n) is 9.73. The lowest BCUT2D eigenvalue weighted by Crippen LogP contribution is -2.52. The third kappa shape index (κ3) is 3.38. The minimum atomic E-state index is -0.167. The van der Waals surface area contributed by atoms with Crippen molar-refractivity contribution in [1.82, 2.24) is 35.4 Å². The van der Waals surface area contributed by atoms with E-state index < -0.39 is 0 Å². The molecule has 28 heavy (non-hydrogen) atoms. The van der Waals surface area contributed by atoms with Crippen molar-refractivity contribution >= 4 is 16.8 Å². The quantitative estimate of drug-likeness (QED) is 0.612. The lowest BCUT2D eigenvalue weighted by Gasteiger charge is -2.35. The van der Waals surface area contributed by atoms with E-state index in [0.717, 1.165) is 44.3 Å². The molecule has 9 nitrogen and oxygen atoms in total. The van der Waals surface area contributed by atoms with E-state index in [2.05, 4.69) is 30.8 Å². The molecular formula is C19H23N7O2. The zero-order chi connectivity index (χ0) is 18.9. The van der Waals surface area contributed by atoms with E-state index in [1.165, 1.54) is 0 Å². The molecule has 146 valence electrons. The van der Waals surface area contributed by atoms with Crippen LogP contribution in [0.5, 0.6) is 0 Å². The number of ether oxygens (including phenoxy) is 1. The molecule has 3 aromatic rings. The number of carbonyl (C=O) groups excluding carboxylic acids is 1. The van der Waals surface area contributed by atoms with Crippen LogP contribution in [-0.2, 0) is 4.74 Å². The number of imidazole rings is 1. The molecule has 3 aromatic heterocycles. The van der Waals surface area contributed by atoms with Crippen molar-refractivity contribution in [2.45, 2.75) is 43.8 Å². The van der Waals surface area contributed by atoms with Gasteiger partial charge >= 0.3 is 0 Å². The fraction of sp³-hybridized carbons (Fsp3) is 0.474. The number of nitrogens with zero attached hydrogens (tertiary/aromatic N) is 4. The highest BCUT2D eigenvalue weighted by molar-refractivity contribution is 6.04. The van der Waals surface area contributed by atoms with Gasteiger partial charge < -0.3 is 15.4 Å². The Morgan fingerprint density at radius 2 is 2.00 bits per heavy atom. The molecule has 0 aromatic carbocycles. The lowest BCUT2D eigenvalue weighted by molar-refractivity contribution is -0.0122. The van der Waals surface area contributed by atoms with Gasteiger partial charge in [0.1, 0.15) is 12.1 Å². The summed E-state index contributed by atoms with van der Waals surface area (Å²) in [6.45, 7) is 1.63. The molecule has 1 amide bonds. The topological polar surface area (TPSA) is 110 Å². The third-order valence-electron chi connectivity index (χ3n) is 5.57. The van der Waals surface area contributed by atoms with E-state index in [1.807, 2.05) is 6.07 Å². The van der Waals surface area contributed by atoms with Gasteiger partial charge in [-0.1, -0.05) is 0 Å². The van der Waals surface area contributed by atoms with Crippen molar-refractivity contribution in [3.63, 3.8) is 0 Å². The van der Waals surface area contributed by atoms with Gasteiger partial charge in [-0.05, 0) is 31.7 Å². The van der Waals surface area contributed by atoms with Gasteiger partial charge in [0.25, 0.3) is 5.91 Å². The van der Waals surface area contributed by atoms with Crippen molar-refractivity contribution in [2.24, 2.45) is 0 Å². The largest absolute Gasteiger partial charge is 0.378 e. The summed E-state index contributed by atoms with van der Waals surface area (Å²) in [5, 5.41) is 14.6. The number of aromatic amines is 1. The number of amides is 1. The maximum atomic E-state index is 13.0. The maximum absolute atomic E-state index is 13.0. The Morgan fingerprint density at radius 3 is 2.71 bits per heavy atom. The van der Waals surface area contributed by atoms with E-state index >= 15 is 0 Å². The summed E-state index contributed by atoms with van der Waals surface area (Å²) in [4.78, 5) is 21.6. The van der Waals surface area contributed by atoms with Crippen LogP contribution in [0.2, 0.25) is 0 Å². The first kappa shape index (κ1) is 17.3. The number of carbonyl (C=O) groups is 1. The zero-order valence-electron chi connectivity index (χ0n) is 15.5. The van der Waals surface area contributed by atoms with Gasteiger partial charge in [-0.3, -0.25) is 14.5 Å². The molecule has 0 spiro atoms. The summed E-state index contributed by atoms with van der Waals surface area (Å²) in [5.74, 6) is 0.479. The number of hydrogen-bond acceptors (Lipinski definition) is 6. The number of hydrogen-bond donors (Lipinski definition) is 3. The van der Waals surface area contributed by atoms with Crippen molar-refractivity contribution in [1.29, 1.82) is 0 Å². The van der Waals surface area contributed by atoms with Crippen LogP contribution >= 0.6 is 0 Å². The molecule has 0 unspecified atom stereocenters. The Morgan fingerprint density at radius 1 is 1.18 bits per heavy atom. The molecule has 1 saturated heterocycles. The predicted molar refractivity (Wildman–Crippen MR) is 102 cm³/mol. The Labute approximate surface area is 161 Å². The summed E-state index contributed by atoms with van der Waals surface area (Å²) < 4.78 is 7.01.